The Bertz CT molecular complexity index is 701. The molecular formula is C11H11BrN4O2S. The number of anilines is 2. The Morgan fingerprint density at radius 2 is 1.89 bits per heavy atom. The van der Waals surface area contributed by atoms with E-state index >= 15 is 0 Å². The molecule has 1 heterocycles. The van der Waals surface area contributed by atoms with Gasteiger partial charge in [-0.3, -0.25) is 4.72 Å². The van der Waals surface area contributed by atoms with Crippen LogP contribution >= 0.6 is 15.9 Å². The molecule has 0 aliphatic rings. The summed E-state index contributed by atoms with van der Waals surface area (Å²) in [5.41, 5.74) is 6.62. The van der Waals surface area contributed by atoms with E-state index < -0.39 is 10.0 Å². The fraction of sp³-hybridized carbons (Fsp3) is 0.0909. The van der Waals surface area contributed by atoms with Gasteiger partial charge >= 0.3 is 0 Å². The van der Waals surface area contributed by atoms with E-state index in [4.69, 9.17) is 5.73 Å². The number of sulfonamides is 1. The van der Waals surface area contributed by atoms with Gasteiger partial charge in [0.25, 0.3) is 10.0 Å². The summed E-state index contributed by atoms with van der Waals surface area (Å²) in [5, 5.41) is 0. The molecule has 0 aliphatic carbocycles. The van der Waals surface area contributed by atoms with Gasteiger partial charge in [0.2, 0.25) is 5.95 Å². The van der Waals surface area contributed by atoms with Crippen molar-refractivity contribution in [1.82, 2.24) is 9.97 Å². The molecule has 2 rings (SSSR count). The first kappa shape index (κ1) is 13.8. The predicted octanol–water partition coefficient (Wildman–Crippen LogP) is 1.93. The maximum atomic E-state index is 12.1. The molecule has 100 valence electrons. The Balaban J connectivity index is 2.33. The van der Waals surface area contributed by atoms with Gasteiger partial charge in [-0.2, -0.15) is 0 Å². The Morgan fingerprint density at radius 1 is 1.26 bits per heavy atom. The van der Waals surface area contributed by atoms with Crippen LogP contribution in [-0.2, 0) is 10.0 Å². The molecule has 1 aromatic heterocycles. The van der Waals surface area contributed by atoms with Crippen LogP contribution in [0.2, 0.25) is 0 Å². The summed E-state index contributed by atoms with van der Waals surface area (Å²) >= 11 is 3.32. The van der Waals surface area contributed by atoms with Crippen LogP contribution in [0.1, 0.15) is 5.56 Å². The van der Waals surface area contributed by atoms with Crippen molar-refractivity contribution in [3.8, 4) is 0 Å². The van der Waals surface area contributed by atoms with Crippen LogP contribution in [0.25, 0.3) is 0 Å². The van der Waals surface area contributed by atoms with Gasteiger partial charge < -0.3 is 5.73 Å². The molecule has 8 heteroatoms. The molecule has 0 spiro atoms. The fourth-order valence-corrected chi connectivity index (χ4v) is 2.91. The van der Waals surface area contributed by atoms with Gasteiger partial charge in [-0.05, 0) is 30.7 Å². The smallest absolute Gasteiger partial charge is 0.264 e. The normalized spacial score (nSPS) is 11.3. The molecule has 19 heavy (non-hydrogen) atoms. The third-order valence-corrected chi connectivity index (χ3v) is 4.20. The Hall–Kier alpha value is -1.67. The lowest BCUT2D eigenvalue weighted by Crippen LogP contribution is -2.14. The van der Waals surface area contributed by atoms with Crippen LogP contribution in [0.4, 0.5) is 11.6 Å². The molecule has 0 atom stereocenters. The summed E-state index contributed by atoms with van der Waals surface area (Å²) in [7, 11) is -3.71. The van der Waals surface area contributed by atoms with E-state index in [1.807, 2.05) is 13.0 Å². The summed E-state index contributed by atoms with van der Waals surface area (Å²) in [6.45, 7) is 1.81. The molecule has 0 saturated heterocycles. The number of rotatable bonds is 3. The van der Waals surface area contributed by atoms with Crippen LogP contribution in [0.5, 0.6) is 0 Å². The molecule has 0 unspecified atom stereocenters. The summed E-state index contributed by atoms with van der Waals surface area (Å²) in [6.07, 6.45) is 2.33. The minimum absolute atomic E-state index is 0.0266. The minimum Gasteiger partial charge on any atom is -0.368 e. The van der Waals surface area contributed by atoms with Gasteiger partial charge in [0, 0.05) is 4.47 Å². The van der Waals surface area contributed by atoms with E-state index in [2.05, 4.69) is 30.6 Å². The van der Waals surface area contributed by atoms with Crippen LogP contribution in [0.15, 0.2) is 40.0 Å². The lowest BCUT2D eigenvalue weighted by molar-refractivity contribution is 0.600. The van der Waals surface area contributed by atoms with Gasteiger partial charge in [0.1, 0.15) is 4.90 Å². The number of nitrogens with zero attached hydrogens (tertiary/aromatic N) is 2. The number of hydrogen-bond acceptors (Lipinski definition) is 5. The standard InChI is InChI=1S/C11H11BrN4O2S/c1-7-4-8(12)2-3-10(7)16-19(17,18)9-5-14-11(13)15-6-9/h2-6,16H,1H3,(H2,13,14,15). The van der Waals surface area contributed by atoms with Crippen LogP contribution in [0, 0.1) is 6.92 Å². The summed E-state index contributed by atoms with van der Waals surface area (Å²) in [5.74, 6) is 0.0266. The summed E-state index contributed by atoms with van der Waals surface area (Å²) in [6, 6.07) is 5.25. The summed E-state index contributed by atoms with van der Waals surface area (Å²) < 4.78 is 27.6. The van der Waals surface area contributed by atoms with Crippen molar-refractivity contribution in [2.45, 2.75) is 11.8 Å². The zero-order chi connectivity index (χ0) is 14.0. The van der Waals surface area contributed by atoms with Crippen LogP contribution in [0.3, 0.4) is 0 Å². The van der Waals surface area contributed by atoms with E-state index in [0.29, 0.717) is 5.69 Å². The Morgan fingerprint density at radius 3 is 2.47 bits per heavy atom. The molecular weight excluding hydrogens is 332 g/mol. The number of halogens is 1. The maximum Gasteiger partial charge on any atom is 0.264 e. The number of nitrogens with one attached hydrogen (secondary N) is 1. The number of hydrogen-bond donors (Lipinski definition) is 2. The highest BCUT2D eigenvalue weighted by molar-refractivity contribution is 9.10. The molecule has 0 saturated carbocycles. The third kappa shape index (κ3) is 3.21. The van der Waals surface area contributed by atoms with Crippen molar-refractivity contribution in [3.05, 3.63) is 40.6 Å². The fourth-order valence-electron chi connectivity index (χ4n) is 1.41. The van der Waals surface area contributed by atoms with Gasteiger partial charge in [-0.15, -0.1) is 0 Å². The number of nitrogen functional groups attached to an aromatic ring is 1. The molecule has 6 nitrogen and oxygen atoms in total. The molecule has 1 aromatic carbocycles. The highest BCUT2D eigenvalue weighted by atomic mass is 79.9. The lowest BCUT2D eigenvalue weighted by Gasteiger charge is -2.10. The number of benzene rings is 1. The van der Waals surface area contributed by atoms with E-state index in [9.17, 15) is 8.42 Å². The van der Waals surface area contributed by atoms with Crippen molar-refractivity contribution < 1.29 is 8.42 Å². The van der Waals surface area contributed by atoms with Gasteiger partial charge in [0.15, 0.2) is 0 Å². The highest BCUT2D eigenvalue weighted by Crippen LogP contribution is 2.22. The predicted molar refractivity (Wildman–Crippen MR) is 76.1 cm³/mol. The maximum absolute atomic E-state index is 12.1. The molecule has 0 bridgehead atoms. The Labute approximate surface area is 119 Å². The second-order valence-electron chi connectivity index (χ2n) is 3.84. The second-order valence-corrected chi connectivity index (χ2v) is 6.44. The monoisotopic (exact) mass is 342 g/mol. The van der Waals surface area contributed by atoms with Gasteiger partial charge in [-0.1, -0.05) is 15.9 Å². The Kier molecular flexibility index (Phi) is 3.72. The molecule has 2 aromatic rings. The van der Waals surface area contributed by atoms with Gasteiger partial charge in [-0.25, -0.2) is 18.4 Å². The molecule has 3 N–H and O–H groups in total. The first-order valence-corrected chi connectivity index (χ1v) is 7.52. The minimum atomic E-state index is -3.71. The highest BCUT2D eigenvalue weighted by Gasteiger charge is 2.16. The number of aromatic nitrogens is 2. The van der Waals surface area contributed by atoms with Crippen molar-refractivity contribution in [2.75, 3.05) is 10.5 Å². The quantitative estimate of drug-likeness (QED) is 0.887. The first-order valence-electron chi connectivity index (χ1n) is 5.25. The van der Waals surface area contributed by atoms with Crippen molar-refractivity contribution in [2.24, 2.45) is 0 Å². The average Bonchev–Trinajstić information content (AvgIpc) is 2.33. The molecule has 0 fully saturated rings. The topological polar surface area (TPSA) is 98.0 Å². The summed E-state index contributed by atoms with van der Waals surface area (Å²) in [4.78, 5) is 7.29. The van der Waals surface area contributed by atoms with Crippen molar-refractivity contribution in [3.63, 3.8) is 0 Å². The van der Waals surface area contributed by atoms with E-state index in [-0.39, 0.29) is 10.8 Å². The molecule has 0 amide bonds. The number of aryl methyl sites for hydroxylation is 1. The van der Waals surface area contributed by atoms with E-state index in [0.717, 1.165) is 10.0 Å². The SMILES string of the molecule is Cc1cc(Br)ccc1NS(=O)(=O)c1cnc(N)nc1. The van der Waals surface area contributed by atoms with Crippen molar-refractivity contribution in [1.29, 1.82) is 0 Å². The van der Waals surface area contributed by atoms with Crippen LogP contribution in [-0.4, -0.2) is 18.4 Å². The lowest BCUT2D eigenvalue weighted by atomic mass is 10.2. The molecule has 0 aliphatic heterocycles. The molecule has 0 radical (unpaired) electrons. The number of nitrogens with two attached hydrogens (primary N) is 1. The second kappa shape index (κ2) is 5.14. The van der Waals surface area contributed by atoms with Gasteiger partial charge in [0.05, 0.1) is 18.1 Å². The average molecular weight is 343 g/mol. The van der Waals surface area contributed by atoms with Crippen LogP contribution < -0.4 is 10.5 Å². The zero-order valence-electron chi connectivity index (χ0n) is 9.96. The first-order chi connectivity index (χ1) is 8.88. The van der Waals surface area contributed by atoms with E-state index in [1.54, 1.807) is 12.1 Å². The largest absolute Gasteiger partial charge is 0.368 e. The third-order valence-electron chi connectivity index (χ3n) is 2.39. The van der Waals surface area contributed by atoms with E-state index in [1.165, 1.54) is 12.4 Å². The zero-order valence-corrected chi connectivity index (χ0v) is 12.4. The van der Waals surface area contributed by atoms with Crippen molar-refractivity contribution >= 4 is 37.6 Å².